The maximum absolute atomic E-state index is 11.9. The summed E-state index contributed by atoms with van der Waals surface area (Å²) in [5.41, 5.74) is -0.209. The zero-order valence-electron chi connectivity index (χ0n) is 10.2. The summed E-state index contributed by atoms with van der Waals surface area (Å²) in [6.45, 7) is -0.303. The Balaban J connectivity index is 2.16. The molecule has 0 saturated carbocycles. The predicted octanol–water partition coefficient (Wildman–Crippen LogP) is 3.60. The fourth-order valence-corrected chi connectivity index (χ4v) is 2.47. The van der Waals surface area contributed by atoms with Crippen molar-refractivity contribution in [2.45, 2.75) is 6.54 Å². The van der Waals surface area contributed by atoms with Gasteiger partial charge in [-0.1, -0.05) is 50.7 Å². The van der Waals surface area contributed by atoms with Crippen LogP contribution in [0, 0.1) is 0 Å². The van der Waals surface area contributed by atoms with Crippen LogP contribution in [0.4, 0.5) is 5.69 Å². The average Bonchev–Trinajstić information content (AvgIpc) is 2.43. The largest absolute Gasteiger partial charge is 0.323 e. The topological polar surface area (TPSA) is 64.0 Å². The lowest BCUT2D eigenvalue weighted by molar-refractivity contribution is -0.117. The molecule has 2 aromatic rings. The monoisotopic (exact) mass is 409 g/mol. The number of nitrogens with zero attached hydrogens (tertiary/aromatic N) is 2. The number of carbonyl (C=O) groups excluding carboxylic acids is 1. The minimum absolute atomic E-state index is 0.0364. The molecule has 110 valence electrons. The smallest absolute Gasteiger partial charge is 0.287 e. The summed E-state index contributed by atoms with van der Waals surface area (Å²) in [5, 5.41) is 6.55. The van der Waals surface area contributed by atoms with Gasteiger partial charge < -0.3 is 5.32 Å². The molecule has 1 aromatic heterocycles. The second-order valence-corrected chi connectivity index (χ2v) is 6.05. The van der Waals surface area contributed by atoms with Gasteiger partial charge in [-0.3, -0.25) is 9.59 Å². The van der Waals surface area contributed by atoms with E-state index in [1.165, 1.54) is 6.20 Å². The molecule has 1 heterocycles. The molecular formula is C12H7BrCl3N3O2. The molecule has 1 N–H and O–H groups in total. The Labute approximate surface area is 142 Å². The minimum Gasteiger partial charge on any atom is -0.323 e. The number of rotatable bonds is 3. The SMILES string of the molecule is O=C(Cn1ncc(Cl)c(Cl)c1=O)Nc1ccc(Br)cc1Cl. The van der Waals surface area contributed by atoms with Crippen LogP contribution in [0.15, 0.2) is 33.7 Å². The van der Waals surface area contributed by atoms with E-state index in [0.29, 0.717) is 10.7 Å². The first kappa shape index (κ1) is 16.3. The third-order valence-corrected chi connectivity index (χ3v) is 4.00. The Morgan fingerprint density at radius 1 is 1.29 bits per heavy atom. The first-order chi connectivity index (χ1) is 9.88. The van der Waals surface area contributed by atoms with Gasteiger partial charge in [0.1, 0.15) is 11.6 Å². The lowest BCUT2D eigenvalue weighted by Crippen LogP contribution is -2.29. The number of carbonyl (C=O) groups is 1. The van der Waals surface area contributed by atoms with Crippen molar-refractivity contribution in [3.63, 3.8) is 0 Å². The second kappa shape index (κ2) is 6.79. The molecule has 0 aliphatic carbocycles. The summed E-state index contributed by atoms with van der Waals surface area (Å²) in [4.78, 5) is 23.7. The third-order valence-electron chi connectivity index (χ3n) is 2.44. The minimum atomic E-state index is -0.638. The van der Waals surface area contributed by atoms with Gasteiger partial charge in [-0.15, -0.1) is 0 Å². The van der Waals surface area contributed by atoms with Crippen molar-refractivity contribution in [1.29, 1.82) is 0 Å². The van der Waals surface area contributed by atoms with Gasteiger partial charge >= 0.3 is 0 Å². The lowest BCUT2D eigenvalue weighted by Gasteiger charge is -2.09. The molecule has 21 heavy (non-hydrogen) atoms. The van der Waals surface area contributed by atoms with Crippen LogP contribution in [0.3, 0.4) is 0 Å². The highest BCUT2D eigenvalue weighted by Crippen LogP contribution is 2.25. The van der Waals surface area contributed by atoms with Crippen LogP contribution in [0.5, 0.6) is 0 Å². The first-order valence-electron chi connectivity index (χ1n) is 5.54. The lowest BCUT2D eigenvalue weighted by atomic mass is 10.3. The van der Waals surface area contributed by atoms with Gasteiger partial charge in [-0.05, 0) is 18.2 Å². The van der Waals surface area contributed by atoms with Gasteiger partial charge in [0, 0.05) is 4.47 Å². The van der Waals surface area contributed by atoms with Gasteiger partial charge in [-0.25, -0.2) is 4.68 Å². The van der Waals surface area contributed by atoms with E-state index in [0.717, 1.165) is 9.15 Å². The molecule has 0 fully saturated rings. The molecular weight excluding hydrogens is 404 g/mol. The Bertz CT molecular complexity index is 764. The molecule has 2 rings (SSSR count). The van der Waals surface area contributed by atoms with E-state index in [1.807, 2.05) is 0 Å². The molecule has 9 heteroatoms. The molecule has 0 atom stereocenters. The van der Waals surface area contributed by atoms with Crippen molar-refractivity contribution in [3.8, 4) is 0 Å². The normalized spacial score (nSPS) is 10.5. The van der Waals surface area contributed by atoms with Gasteiger partial charge in [-0.2, -0.15) is 5.10 Å². The number of amides is 1. The number of hydrogen-bond donors (Lipinski definition) is 1. The standard InChI is InChI=1S/C12H7BrCl3N3O2/c13-6-1-2-9(7(14)3-6)18-10(20)5-19-12(21)11(16)8(15)4-17-19/h1-4H,5H2,(H,18,20). The summed E-state index contributed by atoms with van der Waals surface area (Å²) >= 11 is 20.6. The van der Waals surface area contributed by atoms with E-state index >= 15 is 0 Å². The van der Waals surface area contributed by atoms with E-state index in [-0.39, 0.29) is 16.6 Å². The van der Waals surface area contributed by atoms with Crippen LogP contribution in [0.2, 0.25) is 15.1 Å². The van der Waals surface area contributed by atoms with Crippen molar-refractivity contribution in [2.75, 3.05) is 5.32 Å². The van der Waals surface area contributed by atoms with Crippen LogP contribution in [0.1, 0.15) is 0 Å². The maximum atomic E-state index is 11.9. The molecule has 0 radical (unpaired) electrons. The maximum Gasteiger partial charge on any atom is 0.287 e. The van der Waals surface area contributed by atoms with Gasteiger partial charge in [0.2, 0.25) is 5.91 Å². The van der Waals surface area contributed by atoms with E-state index in [2.05, 4.69) is 26.3 Å². The molecule has 0 aliphatic rings. The highest BCUT2D eigenvalue weighted by Gasteiger charge is 2.12. The molecule has 0 unspecified atom stereocenters. The van der Waals surface area contributed by atoms with Crippen LogP contribution in [0.25, 0.3) is 0 Å². The number of benzene rings is 1. The van der Waals surface area contributed by atoms with Crippen molar-refractivity contribution < 1.29 is 4.79 Å². The number of aromatic nitrogens is 2. The Kier molecular flexibility index (Phi) is 5.27. The van der Waals surface area contributed by atoms with Crippen molar-refractivity contribution >= 4 is 62.3 Å². The molecule has 0 aliphatic heterocycles. The Morgan fingerprint density at radius 2 is 2.00 bits per heavy atom. The highest BCUT2D eigenvalue weighted by molar-refractivity contribution is 9.10. The van der Waals surface area contributed by atoms with Gasteiger partial charge in [0.15, 0.2) is 0 Å². The Morgan fingerprint density at radius 3 is 2.67 bits per heavy atom. The molecule has 5 nitrogen and oxygen atoms in total. The van der Waals surface area contributed by atoms with E-state index in [4.69, 9.17) is 34.8 Å². The van der Waals surface area contributed by atoms with E-state index < -0.39 is 11.5 Å². The molecule has 1 aromatic carbocycles. The zero-order valence-corrected chi connectivity index (χ0v) is 14.1. The van der Waals surface area contributed by atoms with Crippen molar-refractivity contribution in [1.82, 2.24) is 9.78 Å². The molecule has 0 spiro atoms. The van der Waals surface area contributed by atoms with Crippen molar-refractivity contribution in [3.05, 3.63) is 54.3 Å². The second-order valence-electron chi connectivity index (χ2n) is 3.94. The van der Waals surface area contributed by atoms with Crippen LogP contribution in [-0.2, 0) is 11.3 Å². The average molecular weight is 411 g/mol. The molecule has 1 amide bonds. The van der Waals surface area contributed by atoms with Crippen LogP contribution in [-0.4, -0.2) is 15.7 Å². The number of halogens is 4. The van der Waals surface area contributed by atoms with Gasteiger partial charge in [0.25, 0.3) is 5.56 Å². The van der Waals surface area contributed by atoms with Crippen molar-refractivity contribution in [2.24, 2.45) is 0 Å². The number of hydrogen-bond acceptors (Lipinski definition) is 3. The molecule has 0 saturated heterocycles. The summed E-state index contributed by atoms with van der Waals surface area (Å²) in [6, 6.07) is 5.00. The van der Waals surface area contributed by atoms with Crippen LogP contribution >= 0.6 is 50.7 Å². The number of anilines is 1. The zero-order chi connectivity index (χ0) is 15.6. The quantitative estimate of drug-likeness (QED) is 0.839. The summed E-state index contributed by atoms with van der Waals surface area (Å²) in [7, 11) is 0. The fourth-order valence-electron chi connectivity index (χ4n) is 1.47. The Hall–Kier alpha value is -1.08. The summed E-state index contributed by atoms with van der Waals surface area (Å²) in [6.07, 6.45) is 1.20. The fraction of sp³-hybridized carbons (Fsp3) is 0.0833. The highest BCUT2D eigenvalue weighted by atomic mass is 79.9. The predicted molar refractivity (Wildman–Crippen MR) is 86.3 cm³/mol. The van der Waals surface area contributed by atoms with E-state index in [1.54, 1.807) is 18.2 Å². The summed E-state index contributed by atoms with van der Waals surface area (Å²) in [5.74, 6) is -0.466. The summed E-state index contributed by atoms with van der Waals surface area (Å²) < 4.78 is 1.70. The van der Waals surface area contributed by atoms with Gasteiger partial charge in [0.05, 0.1) is 21.9 Å². The van der Waals surface area contributed by atoms with E-state index in [9.17, 15) is 9.59 Å². The van der Waals surface area contributed by atoms with Crippen LogP contribution < -0.4 is 10.9 Å². The number of nitrogens with one attached hydrogen (secondary N) is 1. The molecule has 0 bridgehead atoms. The third kappa shape index (κ3) is 3.97. The first-order valence-corrected chi connectivity index (χ1v) is 7.47.